The maximum Gasteiger partial charge on any atom is 0.126 e. The number of benzene rings is 1. The average Bonchev–Trinajstić information content (AvgIpc) is 2.84. The monoisotopic (exact) mass is 298 g/mol. The molecule has 0 fully saturated rings. The summed E-state index contributed by atoms with van der Waals surface area (Å²) in [6.45, 7) is 0. The van der Waals surface area contributed by atoms with Gasteiger partial charge in [0, 0.05) is 10.0 Å². The average molecular weight is 299 g/mol. The number of nitrogens with two attached hydrogens (primary N) is 1. The number of hydrogen-bond acceptors (Lipinski definition) is 3. The van der Waals surface area contributed by atoms with E-state index in [2.05, 4.69) is 21.4 Å². The first-order valence-corrected chi connectivity index (χ1v) is 5.92. The van der Waals surface area contributed by atoms with Gasteiger partial charge in [0.15, 0.2) is 0 Å². The van der Waals surface area contributed by atoms with Crippen molar-refractivity contribution >= 4 is 15.9 Å². The van der Waals surface area contributed by atoms with Gasteiger partial charge in [0.05, 0.1) is 18.6 Å². The molecular weight excluding hydrogens is 287 g/mol. The summed E-state index contributed by atoms with van der Waals surface area (Å²) < 4.78 is 19.4. The highest BCUT2D eigenvalue weighted by molar-refractivity contribution is 9.10. The fraction of sp³-hybridized carbons (Fsp3) is 0.167. The van der Waals surface area contributed by atoms with E-state index in [0.717, 1.165) is 10.0 Å². The lowest BCUT2D eigenvalue weighted by Gasteiger charge is -2.14. The lowest BCUT2D eigenvalue weighted by molar-refractivity contribution is 0.513. The standard InChI is InChI=1S/C12H12BrFN2O/c13-10-1-2-11(14)9(5-10)6-12(16-15)8-3-4-17-7-8/h1-5,7,12,16H,6,15H2. The summed E-state index contributed by atoms with van der Waals surface area (Å²) in [6, 6.07) is 6.49. The molecule has 1 heterocycles. The predicted octanol–water partition coefficient (Wildman–Crippen LogP) is 2.93. The normalized spacial score (nSPS) is 12.6. The molecule has 2 rings (SSSR count). The minimum atomic E-state index is -0.239. The molecule has 0 radical (unpaired) electrons. The first-order valence-electron chi connectivity index (χ1n) is 5.13. The molecular formula is C12H12BrFN2O. The Morgan fingerprint density at radius 2 is 2.24 bits per heavy atom. The molecule has 0 aliphatic carbocycles. The minimum absolute atomic E-state index is 0.169. The second-order valence-corrected chi connectivity index (χ2v) is 4.63. The predicted molar refractivity (Wildman–Crippen MR) is 66.6 cm³/mol. The summed E-state index contributed by atoms with van der Waals surface area (Å²) in [4.78, 5) is 0. The van der Waals surface area contributed by atoms with Gasteiger partial charge in [-0.05, 0) is 36.2 Å². The maximum atomic E-state index is 13.6. The van der Waals surface area contributed by atoms with E-state index in [1.54, 1.807) is 30.7 Å². The molecule has 1 atom stereocenters. The molecule has 0 saturated heterocycles. The Morgan fingerprint density at radius 1 is 1.41 bits per heavy atom. The van der Waals surface area contributed by atoms with Gasteiger partial charge >= 0.3 is 0 Å². The molecule has 0 aliphatic rings. The van der Waals surface area contributed by atoms with Crippen molar-refractivity contribution in [1.29, 1.82) is 0 Å². The van der Waals surface area contributed by atoms with Gasteiger partial charge in [-0.15, -0.1) is 0 Å². The largest absolute Gasteiger partial charge is 0.472 e. The van der Waals surface area contributed by atoms with E-state index in [1.807, 2.05) is 0 Å². The zero-order valence-electron chi connectivity index (χ0n) is 8.99. The molecule has 0 spiro atoms. The molecule has 1 unspecified atom stereocenters. The van der Waals surface area contributed by atoms with Crippen molar-refractivity contribution in [2.24, 2.45) is 5.84 Å². The highest BCUT2D eigenvalue weighted by Gasteiger charge is 2.14. The van der Waals surface area contributed by atoms with Gasteiger partial charge < -0.3 is 4.42 Å². The highest BCUT2D eigenvalue weighted by Crippen LogP contribution is 2.22. The summed E-state index contributed by atoms with van der Waals surface area (Å²) in [5.41, 5.74) is 4.15. The van der Waals surface area contributed by atoms with Gasteiger partial charge in [-0.3, -0.25) is 11.3 Å². The van der Waals surface area contributed by atoms with Crippen molar-refractivity contribution in [3.05, 3.63) is 58.2 Å². The van der Waals surface area contributed by atoms with Crippen LogP contribution >= 0.6 is 15.9 Å². The van der Waals surface area contributed by atoms with Crippen LogP contribution in [0, 0.1) is 5.82 Å². The SMILES string of the molecule is NNC(Cc1cc(Br)ccc1F)c1ccoc1. The molecule has 0 amide bonds. The molecule has 2 aromatic rings. The molecule has 0 saturated carbocycles. The molecule has 90 valence electrons. The topological polar surface area (TPSA) is 51.2 Å². The van der Waals surface area contributed by atoms with Gasteiger partial charge in [0.25, 0.3) is 0 Å². The Kier molecular flexibility index (Phi) is 3.93. The number of halogens is 2. The second kappa shape index (κ2) is 5.44. The van der Waals surface area contributed by atoms with E-state index in [9.17, 15) is 4.39 Å². The van der Waals surface area contributed by atoms with E-state index >= 15 is 0 Å². The van der Waals surface area contributed by atoms with Crippen LogP contribution in [-0.2, 0) is 6.42 Å². The summed E-state index contributed by atoms with van der Waals surface area (Å²) in [7, 11) is 0. The third kappa shape index (κ3) is 2.94. The van der Waals surface area contributed by atoms with Crippen LogP contribution in [0.25, 0.3) is 0 Å². The van der Waals surface area contributed by atoms with Crippen LogP contribution in [0.1, 0.15) is 17.2 Å². The van der Waals surface area contributed by atoms with E-state index in [-0.39, 0.29) is 11.9 Å². The van der Waals surface area contributed by atoms with Gasteiger partial charge in [0.1, 0.15) is 5.82 Å². The Hall–Kier alpha value is -1.17. The lowest BCUT2D eigenvalue weighted by atomic mass is 10.0. The van der Waals surface area contributed by atoms with Crippen molar-refractivity contribution in [2.45, 2.75) is 12.5 Å². The van der Waals surface area contributed by atoms with Gasteiger partial charge in [-0.2, -0.15) is 0 Å². The van der Waals surface area contributed by atoms with Gasteiger partial charge in [-0.1, -0.05) is 15.9 Å². The van der Waals surface area contributed by atoms with Gasteiger partial charge in [-0.25, -0.2) is 4.39 Å². The zero-order chi connectivity index (χ0) is 12.3. The highest BCUT2D eigenvalue weighted by atomic mass is 79.9. The van der Waals surface area contributed by atoms with Gasteiger partial charge in [0.2, 0.25) is 0 Å². The zero-order valence-corrected chi connectivity index (χ0v) is 10.6. The summed E-state index contributed by atoms with van der Waals surface area (Å²) in [5, 5.41) is 0. The fourth-order valence-corrected chi connectivity index (χ4v) is 2.07. The van der Waals surface area contributed by atoms with Crippen molar-refractivity contribution < 1.29 is 8.81 Å². The van der Waals surface area contributed by atoms with Crippen molar-refractivity contribution in [1.82, 2.24) is 5.43 Å². The summed E-state index contributed by atoms with van der Waals surface area (Å²) in [6.07, 6.45) is 3.62. The molecule has 1 aromatic carbocycles. The van der Waals surface area contributed by atoms with Crippen LogP contribution in [0.2, 0.25) is 0 Å². The van der Waals surface area contributed by atoms with E-state index in [1.165, 1.54) is 6.07 Å². The van der Waals surface area contributed by atoms with Crippen molar-refractivity contribution in [3.63, 3.8) is 0 Å². The van der Waals surface area contributed by atoms with Crippen LogP contribution in [0.15, 0.2) is 45.7 Å². The number of hydrazine groups is 1. The Balaban J connectivity index is 2.21. The van der Waals surface area contributed by atoms with Crippen molar-refractivity contribution in [2.75, 3.05) is 0 Å². The van der Waals surface area contributed by atoms with E-state index in [0.29, 0.717) is 12.0 Å². The number of nitrogens with one attached hydrogen (secondary N) is 1. The molecule has 3 nitrogen and oxygen atoms in total. The van der Waals surface area contributed by atoms with Crippen LogP contribution < -0.4 is 11.3 Å². The minimum Gasteiger partial charge on any atom is -0.472 e. The first kappa shape index (κ1) is 12.3. The van der Waals surface area contributed by atoms with Crippen LogP contribution in [0.5, 0.6) is 0 Å². The number of rotatable bonds is 4. The van der Waals surface area contributed by atoms with Crippen LogP contribution in [-0.4, -0.2) is 0 Å². The van der Waals surface area contributed by atoms with E-state index < -0.39 is 0 Å². The fourth-order valence-electron chi connectivity index (χ4n) is 1.67. The maximum absolute atomic E-state index is 13.6. The Labute approximate surface area is 107 Å². The molecule has 0 aliphatic heterocycles. The molecule has 5 heteroatoms. The van der Waals surface area contributed by atoms with E-state index in [4.69, 9.17) is 10.3 Å². The Morgan fingerprint density at radius 3 is 2.88 bits per heavy atom. The number of hydrogen-bond donors (Lipinski definition) is 2. The van der Waals surface area contributed by atoms with Crippen LogP contribution in [0.4, 0.5) is 4.39 Å². The smallest absolute Gasteiger partial charge is 0.126 e. The molecule has 1 aromatic heterocycles. The number of furan rings is 1. The summed E-state index contributed by atoms with van der Waals surface area (Å²) in [5.74, 6) is 5.24. The third-order valence-corrected chi connectivity index (χ3v) is 3.07. The lowest BCUT2D eigenvalue weighted by Crippen LogP contribution is -2.29. The summed E-state index contributed by atoms with van der Waals surface area (Å²) >= 11 is 3.32. The first-order chi connectivity index (χ1) is 8.20. The van der Waals surface area contributed by atoms with Crippen LogP contribution in [0.3, 0.4) is 0 Å². The second-order valence-electron chi connectivity index (χ2n) is 3.72. The quantitative estimate of drug-likeness (QED) is 0.674. The Bertz CT molecular complexity index is 487. The molecule has 17 heavy (non-hydrogen) atoms. The third-order valence-electron chi connectivity index (χ3n) is 2.58. The molecule has 3 N–H and O–H groups in total. The molecule has 0 bridgehead atoms. The van der Waals surface area contributed by atoms with Crippen molar-refractivity contribution in [3.8, 4) is 0 Å².